The number of halogens is 2. The van der Waals surface area contributed by atoms with Crippen LogP contribution in [0.15, 0.2) is 24.3 Å². The Kier molecular flexibility index (Phi) is 6.92. The van der Waals surface area contributed by atoms with Crippen molar-refractivity contribution in [3.63, 3.8) is 0 Å². The van der Waals surface area contributed by atoms with Crippen molar-refractivity contribution in [3.8, 4) is 5.75 Å². The first-order chi connectivity index (χ1) is 9.64. The van der Waals surface area contributed by atoms with Gasteiger partial charge >= 0.3 is 0 Å². The molecule has 3 N–H and O–H groups in total. The van der Waals surface area contributed by atoms with E-state index in [9.17, 15) is 9.18 Å². The van der Waals surface area contributed by atoms with Crippen molar-refractivity contribution in [2.24, 2.45) is 5.73 Å². The normalized spacial score (nSPS) is 16.7. The molecule has 2 rings (SSSR count). The Morgan fingerprint density at radius 1 is 1.33 bits per heavy atom. The van der Waals surface area contributed by atoms with Crippen LogP contribution >= 0.6 is 12.4 Å². The lowest BCUT2D eigenvalue weighted by Gasteiger charge is -2.31. The standard InChI is InChI=1S/C15H21FN2O2.ClH/c16-9-10-20-13-6-4-5-12(11-13)18-14(19)15(17)7-2-1-3-8-15;/h4-6,11H,1-3,7-10,17H2,(H,18,19);1H. The summed E-state index contributed by atoms with van der Waals surface area (Å²) in [5, 5.41) is 2.83. The molecule has 1 saturated carbocycles. The number of alkyl halides is 1. The summed E-state index contributed by atoms with van der Waals surface area (Å²) in [6.07, 6.45) is 4.56. The van der Waals surface area contributed by atoms with Crippen LogP contribution in [-0.4, -0.2) is 24.7 Å². The molecule has 118 valence electrons. The number of hydrogen-bond acceptors (Lipinski definition) is 3. The molecule has 1 aliphatic rings. The van der Waals surface area contributed by atoms with Crippen LogP contribution in [0.1, 0.15) is 32.1 Å². The molecular weight excluding hydrogens is 295 g/mol. The summed E-state index contributed by atoms with van der Waals surface area (Å²) >= 11 is 0. The Labute approximate surface area is 130 Å². The molecule has 1 aromatic carbocycles. The minimum Gasteiger partial charge on any atom is -0.491 e. The van der Waals surface area contributed by atoms with E-state index in [1.165, 1.54) is 0 Å². The number of amides is 1. The average Bonchev–Trinajstić information content (AvgIpc) is 2.46. The number of ether oxygens (including phenoxy) is 1. The fourth-order valence-electron chi connectivity index (χ4n) is 2.49. The van der Waals surface area contributed by atoms with Gasteiger partial charge in [-0.3, -0.25) is 4.79 Å². The third-order valence-electron chi connectivity index (χ3n) is 3.64. The lowest BCUT2D eigenvalue weighted by Crippen LogP contribution is -2.52. The van der Waals surface area contributed by atoms with Crippen molar-refractivity contribution in [1.82, 2.24) is 0 Å². The molecule has 1 aliphatic carbocycles. The van der Waals surface area contributed by atoms with Crippen LogP contribution in [0.4, 0.5) is 10.1 Å². The average molecular weight is 317 g/mol. The number of carbonyl (C=O) groups excluding carboxylic acids is 1. The van der Waals surface area contributed by atoms with Crippen molar-refractivity contribution in [2.75, 3.05) is 18.6 Å². The second-order valence-electron chi connectivity index (χ2n) is 5.24. The van der Waals surface area contributed by atoms with E-state index in [2.05, 4.69) is 5.32 Å². The number of benzene rings is 1. The molecule has 0 atom stereocenters. The number of rotatable bonds is 5. The Morgan fingerprint density at radius 3 is 2.71 bits per heavy atom. The zero-order chi connectivity index (χ0) is 14.4. The quantitative estimate of drug-likeness (QED) is 0.877. The highest BCUT2D eigenvalue weighted by atomic mass is 35.5. The van der Waals surface area contributed by atoms with E-state index in [0.717, 1.165) is 32.1 Å². The number of hydrogen-bond donors (Lipinski definition) is 2. The van der Waals surface area contributed by atoms with Crippen molar-refractivity contribution in [1.29, 1.82) is 0 Å². The van der Waals surface area contributed by atoms with Crippen LogP contribution in [0.2, 0.25) is 0 Å². The monoisotopic (exact) mass is 316 g/mol. The lowest BCUT2D eigenvalue weighted by atomic mass is 9.82. The molecule has 4 nitrogen and oxygen atoms in total. The maximum absolute atomic E-state index is 12.3. The van der Waals surface area contributed by atoms with Gasteiger partial charge in [-0.05, 0) is 25.0 Å². The topological polar surface area (TPSA) is 64.4 Å². The Hall–Kier alpha value is -1.33. The second kappa shape index (κ2) is 8.20. The predicted molar refractivity (Wildman–Crippen MR) is 83.8 cm³/mol. The molecule has 21 heavy (non-hydrogen) atoms. The van der Waals surface area contributed by atoms with Crippen LogP contribution in [0.3, 0.4) is 0 Å². The maximum Gasteiger partial charge on any atom is 0.244 e. The Balaban J connectivity index is 0.00000220. The number of anilines is 1. The molecule has 0 aromatic heterocycles. The van der Waals surface area contributed by atoms with E-state index in [1.54, 1.807) is 24.3 Å². The van der Waals surface area contributed by atoms with Gasteiger partial charge in [0.1, 0.15) is 19.0 Å². The van der Waals surface area contributed by atoms with E-state index in [4.69, 9.17) is 10.5 Å². The fraction of sp³-hybridized carbons (Fsp3) is 0.533. The van der Waals surface area contributed by atoms with E-state index in [0.29, 0.717) is 11.4 Å². The third kappa shape index (κ3) is 4.86. The third-order valence-corrected chi connectivity index (χ3v) is 3.64. The van der Waals surface area contributed by atoms with Gasteiger partial charge in [0, 0.05) is 11.8 Å². The van der Waals surface area contributed by atoms with Crippen LogP contribution in [0, 0.1) is 0 Å². The largest absolute Gasteiger partial charge is 0.491 e. The number of carbonyl (C=O) groups is 1. The Morgan fingerprint density at radius 2 is 2.05 bits per heavy atom. The molecule has 1 amide bonds. The molecule has 0 bridgehead atoms. The summed E-state index contributed by atoms with van der Waals surface area (Å²) in [4.78, 5) is 12.3. The summed E-state index contributed by atoms with van der Waals surface area (Å²) in [6, 6.07) is 6.93. The first kappa shape index (κ1) is 17.7. The molecule has 0 unspecified atom stereocenters. The van der Waals surface area contributed by atoms with Gasteiger partial charge in [0.05, 0.1) is 5.54 Å². The van der Waals surface area contributed by atoms with Gasteiger partial charge in [0.2, 0.25) is 5.91 Å². The van der Waals surface area contributed by atoms with E-state index < -0.39 is 12.2 Å². The van der Waals surface area contributed by atoms with Crippen molar-refractivity contribution in [2.45, 2.75) is 37.6 Å². The molecule has 0 spiro atoms. The number of nitrogens with two attached hydrogens (primary N) is 1. The van der Waals surface area contributed by atoms with Crippen LogP contribution in [0.25, 0.3) is 0 Å². The minimum atomic E-state index is -0.770. The summed E-state index contributed by atoms with van der Waals surface area (Å²) in [7, 11) is 0. The van der Waals surface area contributed by atoms with Crippen LogP contribution in [0.5, 0.6) is 5.75 Å². The van der Waals surface area contributed by atoms with Crippen molar-refractivity contribution >= 4 is 24.0 Å². The van der Waals surface area contributed by atoms with Crippen molar-refractivity contribution in [3.05, 3.63) is 24.3 Å². The first-order valence-corrected chi connectivity index (χ1v) is 7.03. The maximum atomic E-state index is 12.3. The molecule has 6 heteroatoms. The highest BCUT2D eigenvalue weighted by Crippen LogP contribution is 2.27. The van der Waals surface area contributed by atoms with Crippen molar-refractivity contribution < 1.29 is 13.9 Å². The Bertz CT molecular complexity index is 465. The second-order valence-corrected chi connectivity index (χ2v) is 5.24. The molecule has 0 heterocycles. The predicted octanol–water partition coefficient (Wildman–Crippen LogP) is 3.06. The fourth-order valence-corrected chi connectivity index (χ4v) is 2.49. The van der Waals surface area contributed by atoms with E-state index >= 15 is 0 Å². The summed E-state index contributed by atoms with van der Waals surface area (Å²) in [5.74, 6) is 0.384. The molecular formula is C15H22ClFN2O2. The van der Waals surface area contributed by atoms with Gasteiger partial charge in [0.15, 0.2) is 0 Å². The summed E-state index contributed by atoms with van der Waals surface area (Å²) in [5.41, 5.74) is 6.03. The molecule has 1 aromatic rings. The lowest BCUT2D eigenvalue weighted by molar-refractivity contribution is -0.122. The van der Waals surface area contributed by atoms with Gasteiger partial charge < -0.3 is 15.8 Å². The highest BCUT2D eigenvalue weighted by Gasteiger charge is 2.35. The van der Waals surface area contributed by atoms with Gasteiger partial charge in [-0.1, -0.05) is 25.3 Å². The first-order valence-electron chi connectivity index (χ1n) is 7.03. The summed E-state index contributed by atoms with van der Waals surface area (Å²) in [6.45, 7) is -0.527. The molecule has 0 aliphatic heterocycles. The molecule has 0 radical (unpaired) electrons. The zero-order valence-corrected chi connectivity index (χ0v) is 12.8. The van der Waals surface area contributed by atoms with Crippen LogP contribution in [-0.2, 0) is 4.79 Å². The number of nitrogens with one attached hydrogen (secondary N) is 1. The smallest absolute Gasteiger partial charge is 0.244 e. The van der Waals surface area contributed by atoms with Gasteiger partial charge in [-0.2, -0.15) is 0 Å². The molecule has 1 fully saturated rings. The van der Waals surface area contributed by atoms with Gasteiger partial charge in [0.25, 0.3) is 0 Å². The van der Waals surface area contributed by atoms with Crippen LogP contribution < -0.4 is 15.8 Å². The van der Waals surface area contributed by atoms with Gasteiger partial charge in [-0.15, -0.1) is 12.4 Å². The minimum absolute atomic E-state index is 0. The molecule has 0 saturated heterocycles. The zero-order valence-electron chi connectivity index (χ0n) is 11.9. The highest BCUT2D eigenvalue weighted by molar-refractivity contribution is 5.98. The van der Waals surface area contributed by atoms with Gasteiger partial charge in [-0.25, -0.2) is 4.39 Å². The van der Waals surface area contributed by atoms with E-state index in [-0.39, 0.29) is 24.9 Å². The van der Waals surface area contributed by atoms with E-state index in [1.807, 2.05) is 0 Å². The summed E-state index contributed by atoms with van der Waals surface area (Å²) < 4.78 is 17.3. The SMILES string of the molecule is Cl.NC1(C(=O)Nc2cccc(OCCF)c2)CCCCC1.